The first-order chi connectivity index (χ1) is 8.15. The zero-order valence-electron chi connectivity index (χ0n) is 12.7. The molecule has 0 bridgehead atoms. The largest absolute Gasteiger partial charge is 0.507 e. The highest BCUT2D eigenvalue weighted by Gasteiger charge is 2.29. The maximum Gasteiger partial charge on any atom is 0.123 e. The van der Waals surface area contributed by atoms with Crippen molar-refractivity contribution in [3.63, 3.8) is 0 Å². The van der Waals surface area contributed by atoms with Gasteiger partial charge in [0.2, 0.25) is 0 Å². The number of rotatable bonds is 4. The molecule has 0 saturated carbocycles. The van der Waals surface area contributed by atoms with Crippen LogP contribution in [0.1, 0.15) is 71.1 Å². The molecule has 1 nitrogen and oxygen atoms in total. The van der Waals surface area contributed by atoms with E-state index in [1.54, 1.807) is 0 Å². The molecule has 1 N–H and O–H groups in total. The fourth-order valence-electron chi connectivity index (χ4n) is 2.11. The smallest absolute Gasteiger partial charge is 0.123 e. The monoisotopic (exact) mass is 247 g/mol. The molecule has 0 fully saturated rings. The summed E-state index contributed by atoms with van der Waals surface area (Å²) >= 11 is 0. The van der Waals surface area contributed by atoms with Crippen molar-refractivity contribution in [1.29, 1.82) is 0 Å². The van der Waals surface area contributed by atoms with Gasteiger partial charge in [-0.25, -0.2) is 0 Å². The average Bonchev–Trinajstić information content (AvgIpc) is 2.31. The summed E-state index contributed by atoms with van der Waals surface area (Å²) in [5, 5.41) is 10.6. The second kappa shape index (κ2) is 4.95. The lowest BCUT2D eigenvalue weighted by Gasteiger charge is -2.31. The highest BCUT2D eigenvalue weighted by molar-refractivity contribution is 5.50. The molecule has 1 radical (unpaired) electrons. The predicted molar refractivity (Wildman–Crippen MR) is 79.2 cm³/mol. The summed E-state index contributed by atoms with van der Waals surface area (Å²) in [5.41, 5.74) is 3.00. The van der Waals surface area contributed by atoms with Crippen LogP contribution < -0.4 is 0 Å². The van der Waals surface area contributed by atoms with Gasteiger partial charge in [0.05, 0.1) is 0 Å². The summed E-state index contributed by atoms with van der Waals surface area (Å²) in [5.74, 6) is 0.459. The second-order valence-corrected chi connectivity index (χ2v) is 6.51. The Bertz CT molecular complexity index is 390. The van der Waals surface area contributed by atoms with Crippen LogP contribution in [0.25, 0.3) is 0 Å². The normalized spacial score (nSPS) is 12.8. The van der Waals surface area contributed by atoms with E-state index in [9.17, 15) is 5.11 Å². The third-order valence-corrected chi connectivity index (χ3v) is 4.40. The zero-order valence-corrected chi connectivity index (χ0v) is 12.7. The van der Waals surface area contributed by atoms with Gasteiger partial charge in [0.25, 0.3) is 0 Å². The molecule has 0 unspecified atom stereocenters. The molecule has 0 aliphatic carbocycles. The van der Waals surface area contributed by atoms with Crippen LogP contribution in [0.5, 0.6) is 5.75 Å². The first-order valence-electron chi connectivity index (χ1n) is 6.85. The van der Waals surface area contributed by atoms with E-state index in [1.807, 2.05) is 12.1 Å². The third kappa shape index (κ3) is 2.71. The van der Waals surface area contributed by atoms with Crippen molar-refractivity contribution in [1.82, 2.24) is 0 Å². The van der Waals surface area contributed by atoms with E-state index in [2.05, 4.69) is 48.5 Å². The van der Waals surface area contributed by atoms with Crippen LogP contribution >= 0.6 is 0 Å². The molecule has 0 atom stereocenters. The van der Waals surface area contributed by atoms with Crippen LogP contribution in [0.15, 0.2) is 12.1 Å². The van der Waals surface area contributed by atoms with Crippen molar-refractivity contribution in [3.8, 4) is 5.75 Å². The minimum atomic E-state index is -0.0175. The summed E-state index contributed by atoms with van der Waals surface area (Å²) in [6.45, 7) is 17.1. The van der Waals surface area contributed by atoms with Crippen LogP contribution in [0.4, 0.5) is 0 Å². The molecular formula is C17H27O. The number of phenols is 1. The van der Waals surface area contributed by atoms with Crippen LogP contribution in [-0.4, -0.2) is 5.11 Å². The van der Waals surface area contributed by atoms with Crippen molar-refractivity contribution in [2.75, 3.05) is 0 Å². The molecule has 1 aromatic rings. The molecular weight excluding hydrogens is 220 g/mol. The summed E-state index contributed by atoms with van der Waals surface area (Å²) < 4.78 is 0. The Kier molecular flexibility index (Phi) is 4.15. The predicted octanol–water partition coefficient (Wildman–Crippen LogP) is 4.95. The average molecular weight is 247 g/mol. The first kappa shape index (κ1) is 15.1. The fraction of sp³-hybridized carbons (Fsp3) is 0.588. The van der Waals surface area contributed by atoms with E-state index in [-0.39, 0.29) is 10.8 Å². The summed E-state index contributed by atoms with van der Waals surface area (Å²) in [6, 6.07) is 4.04. The molecule has 0 amide bonds. The van der Waals surface area contributed by atoms with E-state index in [1.165, 1.54) is 0 Å². The van der Waals surface area contributed by atoms with Gasteiger partial charge in [0.1, 0.15) is 5.75 Å². The fourth-order valence-corrected chi connectivity index (χ4v) is 2.11. The number of hydrogen-bond donors (Lipinski definition) is 1. The van der Waals surface area contributed by atoms with Crippen molar-refractivity contribution >= 4 is 0 Å². The van der Waals surface area contributed by atoms with E-state index in [4.69, 9.17) is 0 Å². The van der Waals surface area contributed by atoms with E-state index in [0.29, 0.717) is 5.75 Å². The SMILES string of the molecule is [CH2]c1cc(C(C)(C)CC)c(O)c(C(C)(C)CC)c1. The van der Waals surface area contributed by atoms with Gasteiger partial charge < -0.3 is 5.11 Å². The van der Waals surface area contributed by atoms with Gasteiger partial charge in [0, 0.05) is 11.1 Å². The molecule has 0 aliphatic rings. The zero-order chi connectivity index (χ0) is 14.1. The molecule has 1 rings (SSSR count). The van der Waals surface area contributed by atoms with Gasteiger partial charge >= 0.3 is 0 Å². The molecule has 0 aromatic heterocycles. The van der Waals surface area contributed by atoms with Crippen LogP contribution in [0.3, 0.4) is 0 Å². The van der Waals surface area contributed by atoms with Crippen molar-refractivity contribution < 1.29 is 5.11 Å². The number of phenolic OH excluding ortho intramolecular Hbond substituents is 1. The van der Waals surface area contributed by atoms with Gasteiger partial charge in [-0.15, -0.1) is 0 Å². The lowest BCUT2D eigenvalue weighted by Crippen LogP contribution is -2.21. The Hall–Kier alpha value is -0.980. The minimum Gasteiger partial charge on any atom is -0.507 e. The molecule has 1 heteroatoms. The second-order valence-electron chi connectivity index (χ2n) is 6.51. The quantitative estimate of drug-likeness (QED) is 0.798. The number of hydrogen-bond acceptors (Lipinski definition) is 1. The topological polar surface area (TPSA) is 20.2 Å². The lowest BCUT2D eigenvalue weighted by molar-refractivity contribution is 0.400. The molecule has 0 saturated heterocycles. The maximum atomic E-state index is 10.6. The highest BCUT2D eigenvalue weighted by atomic mass is 16.3. The van der Waals surface area contributed by atoms with Gasteiger partial charge in [-0.1, -0.05) is 53.7 Å². The molecule has 1 aromatic carbocycles. The maximum absolute atomic E-state index is 10.6. The Balaban J connectivity index is 3.50. The molecule has 18 heavy (non-hydrogen) atoms. The van der Waals surface area contributed by atoms with Crippen LogP contribution in [0, 0.1) is 6.92 Å². The third-order valence-electron chi connectivity index (χ3n) is 4.40. The van der Waals surface area contributed by atoms with Crippen molar-refractivity contribution in [3.05, 3.63) is 35.7 Å². The summed E-state index contributed by atoms with van der Waals surface area (Å²) in [6.07, 6.45) is 1.99. The van der Waals surface area contributed by atoms with Gasteiger partial charge in [-0.2, -0.15) is 0 Å². The number of aromatic hydroxyl groups is 1. The molecule has 0 spiro atoms. The Morgan fingerprint density at radius 2 is 1.28 bits per heavy atom. The van der Waals surface area contributed by atoms with E-state index < -0.39 is 0 Å². The van der Waals surface area contributed by atoms with Crippen molar-refractivity contribution in [2.24, 2.45) is 0 Å². The lowest BCUT2D eigenvalue weighted by atomic mass is 9.75. The summed E-state index contributed by atoms with van der Waals surface area (Å²) in [4.78, 5) is 0. The minimum absolute atomic E-state index is 0.0175. The van der Waals surface area contributed by atoms with Gasteiger partial charge in [-0.05, 0) is 36.2 Å². The number of benzene rings is 1. The van der Waals surface area contributed by atoms with E-state index >= 15 is 0 Å². The Labute approximate surface area is 112 Å². The Morgan fingerprint density at radius 3 is 1.56 bits per heavy atom. The Morgan fingerprint density at radius 1 is 0.944 bits per heavy atom. The van der Waals surface area contributed by atoms with Crippen molar-refractivity contribution in [2.45, 2.75) is 65.2 Å². The molecule has 101 valence electrons. The first-order valence-corrected chi connectivity index (χ1v) is 6.85. The van der Waals surface area contributed by atoms with Crippen LogP contribution in [-0.2, 0) is 10.8 Å². The van der Waals surface area contributed by atoms with Gasteiger partial charge in [0.15, 0.2) is 0 Å². The highest BCUT2D eigenvalue weighted by Crippen LogP contribution is 2.42. The van der Waals surface area contributed by atoms with E-state index in [0.717, 1.165) is 29.5 Å². The standard InChI is InChI=1S/C17H27O/c1-8-16(4,5)13-10-12(3)11-14(15(13)18)17(6,7)9-2/h10-11,18H,3,8-9H2,1-2,4-7H3. The summed E-state index contributed by atoms with van der Waals surface area (Å²) in [7, 11) is 0. The molecule has 0 aliphatic heterocycles. The van der Waals surface area contributed by atoms with Gasteiger partial charge in [-0.3, -0.25) is 0 Å². The van der Waals surface area contributed by atoms with Crippen LogP contribution in [0.2, 0.25) is 0 Å². The molecule has 0 heterocycles.